The molecular formula is C21H20N2O3. The number of fused-ring (bicyclic) bond motifs is 1. The van der Waals surface area contributed by atoms with Crippen LogP contribution in [0.3, 0.4) is 0 Å². The van der Waals surface area contributed by atoms with Gasteiger partial charge in [0.1, 0.15) is 5.75 Å². The van der Waals surface area contributed by atoms with Crippen molar-refractivity contribution in [1.29, 1.82) is 0 Å². The zero-order valence-electron chi connectivity index (χ0n) is 14.2. The summed E-state index contributed by atoms with van der Waals surface area (Å²) < 4.78 is 5.55. The van der Waals surface area contributed by atoms with Crippen molar-refractivity contribution in [2.75, 3.05) is 0 Å². The molecule has 2 aliphatic rings. The second-order valence-corrected chi connectivity index (χ2v) is 6.65. The van der Waals surface area contributed by atoms with Gasteiger partial charge in [0.05, 0.1) is 24.1 Å². The number of aliphatic hydroxyl groups excluding tert-OH is 1. The maximum atomic E-state index is 12.9. The molecule has 1 atom stereocenters. The Hall–Kier alpha value is -2.92. The number of hydrogen-bond donors (Lipinski definition) is 2. The monoisotopic (exact) mass is 348 g/mol. The van der Waals surface area contributed by atoms with Gasteiger partial charge < -0.3 is 15.2 Å². The number of amides is 1. The second kappa shape index (κ2) is 7.14. The van der Waals surface area contributed by atoms with Crippen molar-refractivity contribution in [2.45, 2.75) is 25.0 Å². The highest BCUT2D eigenvalue weighted by atomic mass is 16.5. The Labute approximate surface area is 152 Å². The lowest BCUT2D eigenvalue weighted by Crippen LogP contribution is -2.42. The first-order valence-corrected chi connectivity index (χ1v) is 8.74. The Bertz CT molecular complexity index is 855. The van der Waals surface area contributed by atoms with Gasteiger partial charge in [-0.25, -0.2) is 0 Å². The van der Waals surface area contributed by atoms with E-state index in [1.165, 1.54) is 6.26 Å². The third kappa shape index (κ3) is 3.39. The average molecular weight is 348 g/mol. The topological polar surface area (TPSA) is 71.5 Å². The summed E-state index contributed by atoms with van der Waals surface area (Å²) in [5, 5.41) is 12.8. The van der Waals surface area contributed by atoms with Gasteiger partial charge in [-0.3, -0.25) is 9.78 Å². The SMILES string of the molecule is O=C(N[C@H](c1ccccn1)C1CC(O)C1)C1=Cc2ccccc2OC=C1. The van der Waals surface area contributed by atoms with E-state index in [1.807, 2.05) is 48.5 Å². The van der Waals surface area contributed by atoms with E-state index in [9.17, 15) is 9.90 Å². The molecule has 0 radical (unpaired) electrons. The van der Waals surface area contributed by atoms with E-state index < -0.39 is 0 Å². The Morgan fingerprint density at radius 1 is 1.19 bits per heavy atom. The highest BCUT2D eigenvalue weighted by Gasteiger charge is 2.36. The minimum atomic E-state index is -0.291. The summed E-state index contributed by atoms with van der Waals surface area (Å²) in [7, 11) is 0. The van der Waals surface area contributed by atoms with Crippen LogP contribution in [0.4, 0.5) is 0 Å². The quantitative estimate of drug-likeness (QED) is 0.891. The Morgan fingerprint density at radius 3 is 2.77 bits per heavy atom. The second-order valence-electron chi connectivity index (χ2n) is 6.65. The number of pyridine rings is 1. The third-order valence-electron chi connectivity index (χ3n) is 4.85. The molecule has 1 saturated carbocycles. The van der Waals surface area contributed by atoms with Gasteiger partial charge in [-0.1, -0.05) is 24.3 Å². The molecule has 26 heavy (non-hydrogen) atoms. The van der Waals surface area contributed by atoms with Crippen molar-refractivity contribution < 1.29 is 14.6 Å². The minimum absolute atomic E-state index is 0.182. The van der Waals surface area contributed by atoms with Crippen molar-refractivity contribution in [3.8, 4) is 5.75 Å². The van der Waals surface area contributed by atoms with Crippen LogP contribution in [0.1, 0.15) is 30.1 Å². The molecule has 0 bridgehead atoms. The summed E-state index contributed by atoms with van der Waals surface area (Å²) in [6.07, 6.45) is 7.78. The van der Waals surface area contributed by atoms with Gasteiger partial charge in [0, 0.05) is 17.3 Å². The molecule has 1 aliphatic heterocycles. The molecule has 0 saturated heterocycles. The Morgan fingerprint density at radius 2 is 2.00 bits per heavy atom. The van der Waals surface area contributed by atoms with Crippen molar-refractivity contribution in [1.82, 2.24) is 10.3 Å². The Balaban J connectivity index is 1.58. The molecule has 0 spiro atoms. The van der Waals surface area contributed by atoms with E-state index in [4.69, 9.17) is 4.74 Å². The molecule has 2 N–H and O–H groups in total. The Kier molecular flexibility index (Phi) is 4.54. The highest BCUT2D eigenvalue weighted by Crippen LogP contribution is 2.37. The molecule has 1 amide bonds. The van der Waals surface area contributed by atoms with Gasteiger partial charge in [0.2, 0.25) is 0 Å². The van der Waals surface area contributed by atoms with Gasteiger partial charge in [-0.05, 0) is 49.1 Å². The number of hydrogen-bond acceptors (Lipinski definition) is 4. The highest BCUT2D eigenvalue weighted by molar-refractivity contribution is 6.01. The minimum Gasteiger partial charge on any atom is -0.464 e. The number of benzene rings is 1. The van der Waals surface area contributed by atoms with Crippen LogP contribution in [0.5, 0.6) is 5.75 Å². The first-order valence-electron chi connectivity index (χ1n) is 8.74. The molecular weight excluding hydrogens is 328 g/mol. The molecule has 4 rings (SSSR count). The first kappa shape index (κ1) is 16.5. The summed E-state index contributed by atoms with van der Waals surface area (Å²) in [5.41, 5.74) is 2.19. The van der Waals surface area contributed by atoms with E-state index in [1.54, 1.807) is 12.3 Å². The maximum absolute atomic E-state index is 12.9. The number of ether oxygens (including phenoxy) is 1. The van der Waals surface area contributed by atoms with E-state index in [-0.39, 0.29) is 24.0 Å². The van der Waals surface area contributed by atoms with Gasteiger partial charge in [0.15, 0.2) is 0 Å². The smallest absolute Gasteiger partial charge is 0.251 e. The lowest BCUT2D eigenvalue weighted by atomic mass is 9.76. The van der Waals surface area contributed by atoms with Crippen LogP contribution in [0, 0.1) is 5.92 Å². The maximum Gasteiger partial charge on any atom is 0.251 e. The lowest BCUT2D eigenvalue weighted by Gasteiger charge is -2.37. The molecule has 2 heterocycles. The van der Waals surface area contributed by atoms with Gasteiger partial charge >= 0.3 is 0 Å². The molecule has 1 aliphatic carbocycles. The van der Waals surface area contributed by atoms with Crippen LogP contribution >= 0.6 is 0 Å². The van der Waals surface area contributed by atoms with Crippen LogP contribution < -0.4 is 10.1 Å². The summed E-state index contributed by atoms with van der Waals surface area (Å²) in [6, 6.07) is 13.0. The summed E-state index contributed by atoms with van der Waals surface area (Å²) in [6.45, 7) is 0. The predicted octanol–water partition coefficient (Wildman–Crippen LogP) is 3.00. The molecule has 132 valence electrons. The molecule has 5 heteroatoms. The van der Waals surface area contributed by atoms with Crippen LogP contribution in [0.2, 0.25) is 0 Å². The lowest BCUT2D eigenvalue weighted by molar-refractivity contribution is -0.119. The number of rotatable bonds is 4. The number of carbonyl (C=O) groups is 1. The van der Waals surface area contributed by atoms with Crippen molar-refractivity contribution in [3.63, 3.8) is 0 Å². The van der Waals surface area contributed by atoms with E-state index >= 15 is 0 Å². The van der Waals surface area contributed by atoms with Gasteiger partial charge in [-0.2, -0.15) is 0 Å². The summed E-state index contributed by atoms with van der Waals surface area (Å²) in [5.74, 6) is 0.719. The number of aromatic nitrogens is 1. The molecule has 1 aromatic carbocycles. The fourth-order valence-corrected chi connectivity index (χ4v) is 3.36. The average Bonchev–Trinajstić information content (AvgIpc) is 2.87. The normalized spacial score (nSPS) is 22.1. The first-order chi connectivity index (χ1) is 12.7. The number of para-hydroxylation sites is 1. The predicted molar refractivity (Wildman–Crippen MR) is 98.0 cm³/mol. The van der Waals surface area contributed by atoms with Crippen LogP contribution in [-0.4, -0.2) is 22.1 Å². The fraction of sp³-hybridized carbons (Fsp3) is 0.238. The molecule has 0 unspecified atom stereocenters. The molecule has 1 fully saturated rings. The molecule has 1 aromatic heterocycles. The van der Waals surface area contributed by atoms with E-state index in [0.717, 1.165) is 17.0 Å². The molecule has 5 nitrogen and oxygen atoms in total. The van der Waals surface area contributed by atoms with Crippen LogP contribution in [0.15, 0.2) is 66.6 Å². The zero-order valence-corrected chi connectivity index (χ0v) is 14.2. The summed E-state index contributed by atoms with van der Waals surface area (Å²) in [4.78, 5) is 17.3. The van der Waals surface area contributed by atoms with E-state index in [0.29, 0.717) is 18.4 Å². The van der Waals surface area contributed by atoms with Crippen LogP contribution in [-0.2, 0) is 4.79 Å². The van der Waals surface area contributed by atoms with Crippen molar-refractivity contribution >= 4 is 12.0 Å². The largest absolute Gasteiger partial charge is 0.464 e. The number of carbonyl (C=O) groups excluding carboxylic acids is 1. The molecule has 2 aromatic rings. The number of nitrogens with one attached hydrogen (secondary N) is 1. The third-order valence-corrected chi connectivity index (χ3v) is 4.85. The van der Waals surface area contributed by atoms with Crippen LogP contribution in [0.25, 0.3) is 6.08 Å². The summed E-state index contributed by atoms with van der Waals surface area (Å²) >= 11 is 0. The van der Waals surface area contributed by atoms with E-state index in [2.05, 4.69) is 10.3 Å². The number of nitrogens with zero attached hydrogens (tertiary/aromatic N) is 1. The van der Waals surface area contributed by atoms with Gasteiger partial charge in [-0.15, -0.1) is 0 Å². The standard InChI is InChI=1S/C21H20N2O3/c24-17-12-16(13-17)20(18-6-3-4-9-22-18)23-21(25)15-8-10-26-19-7-2-1-5-14(19)11-15/h1-11,16-17,20,24H,12-13H2,(H,23,25)/t16?,17?,20-/m0/s1. The fourth-order valence-electron chi connectivity index (χ4n) is 3.36. The van der Waals surface area contributed by atoms with Crippen molar-refractivity contribution in [2.24, 2.45) is 5.92 Å². The van der Waals surface area contributed by atoms with Gasteiger partial charge in [0.25, 0.3) is 5.91 Å². The van der Waals surface area contributed by atoms with Crippen molar-refractivity contribution in [3.05, 3.63) is 77.8 Å². The zero-order chi connectivity index (χ0) is 17.9. The number of aliphatic hydroxyl groups is 1.